The Labute approximate surface area is 231 Å². The van der Waals surface area contributed by atoms with Crippen LogP contribution in [0.25, 0.3) is 21.9 Å². The molecule has 1 saturated heterocycles. The number of aromatic nitrogens is 4. The van der Waals surface area contributed by atoms with Gasteiger partial charge in [-0.15, -0.1) is 0 Å². The fourth-order valence-corrected chi connectivity index (χ4v) is 5.32. The summed E-state index contributed by atoms with van der Waals surface area (Å²) < 4.78 is 70.3. The summed E-state index contributed by atoms with van der Waals surface area (Å²) >= 11 is 2.95. The molecule has 0 unspecified atom stereocenters. The number of hydrogen-bond acceptors (Lipinski definition) is 6. The van der Waals surface area contributed by atoms with Crippen LogP contribution in [0.2, 0.25) is 0 Å². The molecule has 2 amide bonds. The zero-order valence-corrected chi connectivity index (χ0v) is 22.6. The van der Waals surface area contributed by atoms with E-state index in [9.17, 15) is 31.5 Å². The second kappa shape index (κ2) is 9.94. The fourth-order valence-electron chi connectivity index (χ4n) is 5.02. The molecule has 4 aromatic rings. The van der Waals surface area contributed by atoms with Gasteiger partial charge in [0.1, 0.15) is 47.0 Å². The molecular formula is C25H21BrF5N7O2. The third-order valence-electron chi connectivity index (χ3n) is 6.81. The number of alkyl halides is 4. The summed E-state index contributed by atoms with van der Waals surface area (Å²) in [4.78, 5) is 39.7. The molecule has 3 N–H and O–H groups in total. The van der Waals surface area contributed by atoms with Crippen molar-refractivity contribution in [3.8, 4) is 0 Å². The molecule has 0 saturated carbocycles. The van der Waals surface area contributed by atoms with E-state index < -0.39 is 48.1 Å². The molecule has 9 nitrogen and oxygen atoms in total. The van der Waals surface area contributed by atoms with Gasteiger partial charge in [-0.05, 0) is 59.1 Å². The monoisotopic (exact) mass is 625 g/mol. The van der Waals surface area contributed by atoms with Gasteiger partial charge in [0, 0.05) is 11.8 Å². The van der Waals surface area contributed by atoms with Gasteiger partial charge in [0.25, 0.3) is 0 Å². The van der Waals surface area contributed by atoms with Gasteiger partial charge in [0.15, 0.2) is 5.82 Å². The van der Waals surface area contributed by atoms with Crippen molar-refractivity contribution in [2.24, 2.45) is 0 Å². The van der Waals surface area contributed by atoms with Crippen molar-refractivity contribution in [3.63, 3.8) is 0 Å². The van der Waals surface area contributed by atoms with E-state index in [1.807, 2.05) is 0 Å². The Kier molecular flexibility index (Phi) is 6.88. The zero-order chi connectivity index (χ0) is 29.1. The SMILES string of the molecule is Cc1cc(F)c(Br)nc1NC(=O)[C@@H]1C[C@@H](F)CN1C(=O)Cn1c2ncnc(N)c2c2cc(C(F)(F)F)cc(C)c21. The van der Waals surface area contributed by atoms with Crippen LogP contribution in [0.3, 0.4) is 0 Å². The van der Waals surface area contributed by atoms with Crippen LogP contribution in [-0.4, -0.2) is 55.0 Å². The number of benzene rings is 1. The van der Waals surface area contributed by atoms with E-state index in [0.29, 0.717) is 5.56 Å². The van der Waals surface area contributed by atoms with E-state index in [1.165, 1.54) is 18.4 Å². The lowest BCUT2D eigenvalue weighted by Gasteiger charge is -2.24. The first-order valence-electron chi connectivity index (χ1n) is 11.9. The Morgan fingerprint density at radius 3 is 2.60 bits per heavy atom. The average Bonchev–Trinajstić information content (AvgIpc) is 3.41. The Bertz CT molecular complexity index is 1690. The van der Waals surface area contributed by atoms with Gasteiger partial charge >= 0.3 is 6.18 Å². The predicted molar refractivity (Wildman–Crippen MR) is 139 cm³/mol. The first-order valence-corrected chi connectivity index (χ1v) is 12.7. The van der Waals surface area contributed by atoms with Crippen molar-refractivity contribution >= 4 is 61.3 Å². The molecule has 4 heterocycles. The van der Waals surface area contributed by atoms with Crippen molar-refractivity contribution in [3.05, 3.63) is 51.6 Å². The lowest BCUT2D eigenvalue weighted by Crippen LogP contribution is -2.44. The van der Waals surface area contributed by atoms with Crippen LogP contribution >= 0.6 is 15.9 Å². The minimum Gasteiger partial charge on any atom is -0.383 e. The van der Waals surface area contributed by atoms with Gasteiger partial charge in [-0.3, -0.25) is 9.59 Å². The van der Waals surface area contributed by atoms with E-state index >= 15 is 0 Å². The number of pyridine rings is 1. The van der Waals surface area contributed by atoms with Crippen LogP contribution in [-0.2, 0) is 22.3 Å². The number of nitrogens with two attached hydrogens (primary N) is 1. The fraction of sp³-hybridized carbons (Fsp3) is 0.320. The summed E-state index contributed by atoms with van der Waals surface area (Å²) in [5, 5.41) is 2.77. The Morgan fingerprint density at radius 1 is 1.18 bits per heavy atom. The molecule has 40 heavy (non-hydrogen) atoms. The molecule has 15 heteroatoms. The molecule has 210 valence electrons. The normalized spacial score (nSPS) is 17.6. The van der Waals surface area contributed by atoms with Crippen molar-refractivity contribution in [2.75, 3.05) is 17.6 Å². The summed E-state index contributed by atoms with van der Waals surface area (Å²) in [7, 11) is 0. The summed E-state index contributed by atoms with van der Waals surface area (Å²) in [6.07, 6.45) is -5.29. The van der Waals surface area contributed by atoms with E-state index in [1.54, 1.807) is 0 Å². The molecule has 1 aliphatic rings. The molecule has 0 radical (unpaired) electrons. The minimum atomic E-state index is -4.63. The lowest BCUT2D eigenvalue weighted by atomic mass is 10.1. The Hall–Kier alpha value is -3.88. The quantitative estimate of drug-likeness (QED) is 0.251. The van der Waals surface area contributed by atoms with Crippen molar-refractivity contribution in [1.29, 1.82) is 0 Å². The Balaban J connectivity index is 1.51. The number of amides is 2. The van der Waals surface area contributed by atoms with Gasteiger partial charge in [-0.1, -0.05) is 0 Å². The second-order valence-corrected chi connectivity index (χ2v) is 10.3. The van der Waals surface area contributed by atoms with E-state index in [-0.39, 0.29) is 56.7 Å². The highest BCUT2D eigenvalue weighted by Crippen LogP contribution is 2.38. The number of nitrogens with one attached hydrogen (secondary N) is 1. The van der Waals surface area contributed by atoms with Crippen molar-refractivity contribution in [2.45, 2.75) is 45.2 Å². The summed E-state index contributed by atoms with van der Waals surface area (Å²) in [5.41, 5.74) is 6.02. The van der Waals surface area contributed by atoms with Crippen LogP contribution < -0.4 is 11.1 Å². The third kappa shape index (κ3) is 4.82. The molecule has 3 aromatic heterocycles. The standard InChI is InChI=1S/C25H21BrF5N7O2/c1-10-3-12(25(29,30)31)5-14-18-21(32)33-9-34-23(18)38(19(10)14)8-17(39)37-7-13(27)6-16(37)24(40)36-22-11(2)4-15(28)20(26)35-22/h3-5,9,13,16H,6-8H2,1-2H3,(H2,32,33,34)(H,35,36,40)/t13-,16+/m1/s1. The maximum Gasteiger partial charge on any atom is 0.416 e. The van der Waals surface area contributed by atoms with Gasteiger partial charge in [-0.25, -0.2) is 23.7 Å². The molecule has 2 atom stereocenters. The first-order chi connectivity index (χ1) is 18.8. The number of halogens is 6. The largest absolute Gasteiger partial charge is 0.416 e. The van der Waals surface area contributed by atoms with E-state index in [4.69, 9.17) is 5.73 Å². The number of aryl methyl sites for hydroxylation is 2. The number of nitrogens with zero attached hydrogens (tertiary/aromatic N) is 5. The number of carbonyl (C=O) groups is 2. The summed E-state index contributed by atoms with van der Waals surface area (Å²) in [5.74, 6) is -2.05. The highest BCUT2D eigenvalue weighted by molar-refractivity contribution is 9.10. The van der Waals surface area contributed by atoms with Crippen LogP contribution in [0.15, 0.2) is 29.1 Å². The van der Waals surface area contributed by atoms with E-state index in [0.717, 1.165) is 29.4 Å². The highest BCUT2D eigenvalue weighted by atomic mass is 79.9. The van der Waals surface area contributed by atoms with Crippen LogP contribution in [0.4, 0.5) is 33.6 Å². The van der Waals surface area contributed by atoms with E-state index in [2.05, 4.69) is 36.2 Å². The number of rotatable bonds is 4. The first kappa shape index (κ1) is 27.7. The molecule has 1 fully saturated rings. The number of likely N-dealkylation sites (tertiary alicyclic amines) is 1. The highest BCUT2D eigenvalue weighted by Gasteiger charge is 2.40. The van der Waals surface area contributed by atoms with Crippen molar-refractivity contribution < 1.29 is 31.5 Å². The second-order valence-electron chi connectivity index (χ2n) is 9.54. The van der Waals surface area contributed by atoms with Gasteiger partial charge < -0.3 is 20.5 Å². The molecule has 0 spiro atoms. The molecule has 0 bridgehead atoms. The van der Waals surface area contributed by atoms with Crippen LogP contribution in [0, 0.1) is 19.7 Å². The molecular weight excluding hydrogens is 605 g/mol. The topological polar surface area (TPSA) is 119 Å². The molecule has 1 aliphatic heterocycles. The maximum atomic E-state index is 14.5. The smallest absolute Gasteiger partial charge is 0.383 e. The zero-order valence-electron chi connectivity index (χ0n) is 21.0. The maximum absolute atomic E-state index is 14.5. The summed E-state index contributed by atoms with van der Waals surface area (Å²) in [6, 6.07) is 1.82. The number of hydrogen-bond donors (Lipinski definition) is 2. The average molecular weight is 626 g/mol. The number of carbonyl (C=O) groups excluding carboxylic acids is 2. The van der Waals surface area contributed by atoms with Gasteiger partial charge in [-0.2, -0.15) is 13.2 Å². The lowest BCUT2D eigenvalue weighted by molar-refractivity contribution is -0.137. The van der Waals surface area contributed by atoms with Crippen LogP contribution in [0.1, 0.15) is 23.1 Å². The number of nitrogen functional groups attached to an aromatic ring is 1. The van der Waals surface area contributed by atoms with Gasteiger partial charge in [0.05, 0.1) is 23.0 Å². The predicted octanol–water partition coefficient (Wildman–Crippen LogP) is 4.68. The molecule has 1 aromatic carbocycles. The van der Waals surface area contributed by atoms with Crippen LogP contribution in [0.5, 0.6) is 0 Å². The third-order valence-corrected chi connectivity index (χ3v) is 7.37. The van der Waals surface area contributed by atoms with Gasteiger partial charge in [0.2, 0.25) is 11.8 Å². The molecule has 5 rings (SSSR count). The molecule has 0 aliphatic carbocycles. The number of fused-ring (bicyclic) bond motifs is 3. The summed E-state index contributed by atoms with van der Waals surface area (Å²) in [6.45, 7) is 2.15. The number of anilines is 2. The van der Waals surface area contributed by atoms with Crippen molar-refractivity contribution in [1.82, 2.24) is 24.4 Å². The Morgan fingerprint density at radius 2 is 1.90 bits per heavy atom. The minimum absolute atomic E-state index is 0.0404.